The van der Waals surface area contributed by atoms with E-state index < -0.39 is 0 Å². The second-order valence-corrected chi connectivity index (χ2v) is 4.84. The van der Waals surface area contributed by atoms with Crippen molar-refractivity contribution in [3.05, 3.63) is 29.6 Å². The lowest BCUT2D eigenvalue weighted by atomic mass is 10.2. The number of piperazine rings is 1. The quantitative estimate of drug-likeness (QED) is 0.806. The third-order valence-electron chi connectivity index (χ3n) is 3.30. The minimum Gasteiger partial charge on any atom is -0.339 e. The van der Waals surface area contributed by atoms with Crippen molar-refractivity contribution < 1.29 is 9.59 Å². The Kier molecular flexibility index (Phi) is 4.85. The molecule has 0 bridgehead atoms. The zero-order chi connectivity index (χ0) is 15.2. The lowest BCUT2D eigenvalue weighted by molar-refractivity contribution is -0.132. The molecule has 1 N–H and O–H groups in total. The first-order chi connectivity index (χ1) is 10.1. The number of nitrogens with one attached hydrogen (secondary N) is 1. The molecule has 0 saturated carbocycles. The molecule has 0 atom stereocenters. The summed E-state index contributed by atoms with van der Waals surface area (Å²) in [5.74, 6) is -0.399. The predicted molar refractivity (Wildman–Crippen MR) is 75.4 cm³/mol. The summed E-state index contributed by atoms with van der Waals surface area (Å²) in [6.07, 6.45) is 1.35. The van der Waals surface area contributed by atoms with Crippen LogP contribution in [0.1, 0.15) is 16.1 Å². The normalized spacial score (nSPS) is 14.4. The van der Waals surface area contributed by atoms with Gasteiger partial charge >= 0.3 is 0 Å². The number of rotatable bonds is 3. The molecule has 1 aromatic rings. The van der Waals surface area contributed by atoms with Crippen LogP contribution < -0.4 is 5.32 Å². The number of carbonyl (C=O) groups excluding carboxylic acids is 2. The predicted octanol–water partition coefficient (Wildman–Crippen LogP) is -0.543. The molecule has 1 aliphatic rings. The molecule has 2 rings (SSSR count). The first-order valence-electron chi connectivity index (χ1n) is 6.72. The van der Waals surface area contributed by atoms with Gasteiger partial charge in [0.1, 0.15) is 11.8 Å². The van der Waals surface area contributed by atoms with Crippen molar-refractivity contribution in [3.8, 4) is 6.07 Å². The smallest absolute Gasteiger partial charge is 0.272 e. The second-order valence-electron chi connectivity index (χ2n) is 4.84. The fraction of sp³-hybridized carbons (Fsp3) is 0.429. The number of carbonyl (C=O) groups is 2. The average molecular weight is 287 g/mol. The Morgan fingerprint density at radius 1 is 1.43 bits per heavy atom. The molecule has 1 fully saturated rings. The summed E-state index contributed by atoms with van der Waals surface area (Å²) in [5.41, 5.74) is 0.621. The van der Waals surface area contributed by atoms with Gasteiger partial charge in [0, 0.05) is 39.4 Å². The maximum atomic E-state index is 12.2. The number of nitriles is 1. The van der Waals surface area contributed by atoms with Crippen LogP contribution in [0.25, 0.3) is 0 Å². The van der Waals surface area contributed by atoms with E-state index in [-0.39, 0.29) is 24.1 Å². The van der Waals surface area contributed by atoms with Gasteiger partial charge in [-0.1, -0.05) is 0 Å². The third kappa shape index (κ3) is 3.77. The molecular weight excluding hydrogens is 270 g/mol. The molecular formula is C14H17N5O2. The molecule has 1 saturated heterocycles. The van der Waals surface area contributed by atoms with E-state index in [4.69, 9.17) is 5.26 Å². The summed E-state index contributed by atoms with van der Waals surface area (Å²) in [7, 11) is 1.57. The van der Waals surface area contributed by atoms with Crippen LogP contribution in [-0.2, 0) is 4.79 Å². The second kappa shape index (κ2) is 6.81. The molecule has 110 valence electrons. The Balaban J connectivity index is 1.95. The molecule has 1 aliphatic heterocycles. The Morgan fingerprint density at radius 2 is 2.14 bits per heavy atom. The summed E-state index contributed by atoms with van der Waals surface area (Å²) in [6.45, 7) is 2.91. The Morgan fingerprint density at radius 3 is 2.71 bits per heavy atom. The van der Waals surface area contributed by atoms with E-state index in [1.165, 1.54) is 23.2 Å². The molecule has 2 heterocycles. The van der Waals surface area contributed by atoms with E-state index in [1.807, 2.05) is 6.07 Å². The highest BCUT2D eigenvalue weighted by molar-refractivity contribution is 5.94. The van der Waals surface area contributed by atoms with Crippen molar-refractivity contribution in [3.63, 3.8) is 0 Å². The van der Waals surface area contributed by atoms with E-state index in [1.54, 1.807) is 11.9 Å². The summed E-state index contributed by atoms with van der Waals surface area (Å²) in [6, 6.07) is 4.97. The highest BCUT2D eigenvalue weighted by Gasteiger charge is 2.21. The molecule has 7 heteroatoms. The molecule has 0 radical (unpaired) electrons. The van der Waals surface area contributed by atoms with Crippen molar-refractivity contribution in [2.45, 2.75) is 0 Å². The van der Waals surface area contributed by atoms with Gasteiger partial charge in [0.25, 0.3) is 5.91 Å². The maximum absolute atomic E-state index is 12.2. The number of hydrogen-bond acceptors (Lipinski definition) is 5. The number of nitrogens with zero attached hydrogens (tertiary/aromatic N) is 4. The largest absolute Gasteiger partial charge is 0.339 e. The molecule has 0 aromatic carbocycles. The number of hydrogen-bond donors (Lipinski definition) is 1. The van der Waals surface area contributed by atoms with Crippen molar-refractivity contribution >= 4 is 11.8 Å². The molecule has 0 spiro atoms. The van der Waals surface area contributed by atoms with Gasteiger partial charge in [-0.05, 0) is 12.1 Å². The zero-order valence-electron chi connectivity index (χ0n) is 11.9. The van der Waals surface area contributed by atoms with Crippen LogP contribution >= 0.6 is 0 Å². The van der Waals surface area contributed by atoms with E-state index in [0.29, 0.717) is 18.7 Å². The lowest BCUT2D eigenvalue weighted by Crippen LogP contribution is -2.49. The van der Waals surface area contributed by atoms with Gasteiger partial charge in [0.15, 0.2) is 0 Å². The van der Waals surface area contributed by atoms with Gasteiger partial charge in [-0.15, -0.1) is 0 Å². The summed E-state index contributed by atoms with van der Waals surface area (Å²) in [4.78, 5) is 31.3. The van der Waals surface area contributed by atoms with Crippen LogP contribution in [0.5, 0.6) is 0 Å². The minimum absolute atomic E-state index is 0.0283. The maximum Gasteiger partial charge on any atom is 0.272 e. The molecule has 7 nitrogen and oxygen atoms in total. The van der Waals surface area contributed by atoms with Gasteiger partial charge < -0.3 is 15.1 Å². The van der Waals surface area contributed by atoms with Crippen LogP contribution in [0.15, 0.2) is 18.3 Å². The van der Waals surface area contributed by atoms with Gasteiger partial charge in [-0.2, -0.15) is 5.26 Å². The Labute approximate surface area is 123 Å². The monoisotopic (exact) mass is 287 g/mol. The van der Waals surface area contributed by atoms with Crippen LogP contribution in [0.4, 0.5) is 0 Å². The Hall–Kier alpha value is -2.46. The third-order valence-corrected chi connectivity index (χ3v) is 3.30. The van der Waals surface area contributed by atoms with Crippen molar-refractivity contribution in [2.75, 3.05) is 39.8 Å². The fourth-order valence-corrected chi connectivity index (χ4v) is 2.07. The first-order valence-corrected chi connectivity index (χ1v) is 6.72. The molecule has 0 aliphatic carbocycles. The molecule has 21 heavy (non-hydrogen) atoms. The SMILES string of the molecule is CN(CC(=O)N1CCNCC1)C(=O)c1ccc(C#N)cn1. The summed E-state index contributed by atoms with van der Waals surface area (Å²) >= 11 is 0. The number of pyridine rings is 1. The van der Waals surface area contributed by atoms with E-state index >= 15 is 0 Å². The van der Waals surface area contributed by atoms with Gasteiger partial charge in [0.2, 0.25) is 5.91 Å². The minimum atomic E-state index is -0.331. The zero-order valence-corrected chi connectivity index (χ0v) is 11.9. The number of likely N-dealkylation sites (N-methyl/N-ethyl adjacent to an activating group) is 1. The van der Waals surface area contributed by atoms with E-state index in [9.17, 15) is 9.59 Å². The summed E-state index contributed by atoms with van der Waals surface area (Å²) < 4.78 is 0. The fourth-order valence-electron chi connectivity index (χ4n) is 2.07. The van der Waals surface area contributed by atoms with Crippen molar-refractivity contribution in [1.29, 1.82) is 5.26 Å². The highest BCUT2D eigenvalue weighted by Crippen LogP contribution is 2.03. The van der Waals surface area contributed by atoms with E-state index in [2.05, 4.69) is 10.3 Å². The first kappa shape index (κ1) is 14.9. The van der Waals surface area contributed by atoms with Crippen LogP contribution in [0.3, 0.4) is 0 Å². The van der Waals surface area contributed by atoms with Crippen LogP contribution in [0, 0.1) is 11.3 Å². The Bertz CT molecular complexity index is 558. The van der Waals surface area contributed by atoms with Crippen molar-refractivity contribution in [2.24, 2.45) is 0 Å². The standard InChI is InChI=1S/C14H17N5O2/c1-18(10-13(20)19-6-4-16-5-7-19)14(21)12-3-2-11(8-15)9-17-12/h2-3,9,16H,4-7,10H2,1H3. The van der Waals surface area contributed by atoms with Gasteiger partial charge in [-0.25, -0.2) is 4.98 Å². The lowest BCUT2D eigenvalue weighted by Gasteiger charge is -2.29. The summed E-state index contributed by atoms with van der Waals surface area (Å²) in [5, 5.41) is 11.9. The molecule has 1 aromatic heterocycles. The van der Waals surface area contributed by atoms with Gasteiger partial charge in [0.05, 0.1) is 12.1 Å². The molecule has 0 unspecified atom stereocenters. The average Bonchev–Trinajstić information content (AvgIpc) is 2.55. The van der Waals surface area contributed by atoms with Crippen LogP contribution in [-0.4, -0.2) is 66.4 Å². The van der Waals surface area contributed by atoms with Gasteiger partial charge in [-0.3, -0.25) is 9.59 Å². The van der Waals surface area contributed by atoms with Crippen LogP contribution in [0.2, 0.25) is 0 Å². The number of amides is 2. The number of aromatic nitrogens is 1. The van der Waals surface area contributed by atoms with Crippen molar-refractivity contribution in [1.82, 2.24) is 20.1 Å². The topological polar surface area (TPSA) is 89.3 Å². The molecule has 2 amide bonds. The highest BCUT2D eigenvalue weighted by atomic mass is 16.2. The van der Waals surface area contributed by atoms with E-state index in [0.717, 1.165) is 13.1 Å².